The summed E-state index contributed by atoms with van der Waals surface area (Å²) in [6.07, 6.45) is 3.72. The summed E-state index contributed by atoms with van der Waals surface area (Å²) in [7, 11) is 0. The Bertz CT molecular complexity index is 576. The summed E-state index contributed by atoms with van der Waals surface area (Å²) in [5.74, 6) is -0.607. The summed E-state index contributed by atoms with van der Waals surface area (Å²) < 4.78 is 5.60. The lowest BCUT2D eigenvalue weighted by Crippen LogP contribution is -2.39. The van der Waals surface area contributed by atoms with E-state index in [1.54, 1.807) is 6.92 Å². The first-order valence-corrected chi connectivity index (χ1v) is 6.87. The number of aryl methyl sites for hydroxylation is 2. The average Bonchev–Trinajstić information content (AvgIpc) is 2.78. The molecule has 1 heterocycles. The lowest BCUT2D eigenvalue weighted by molar-refractivity contribution is -0.137. The molecule has 0 aromatic carbocycles. The molecule has 1 aliphatic rings. The first-order chi connectivity index (χ1) is 9.99. The Morgan fingerprint density at radius 3 is 2.57 bits per heavy atom. The van der Waals surface area contributed by atoms with Crippen molar-refractivity contribution in [1.82, 2.24) is 10.6 Å². The lowest BCUT2D eigenvalue weighted by atomic mass is 9.94. The highest BCUT2D eigenvalue weighted by molar-refractivity contribution is 5.99. The van der Waals surface area contributed by atoms with E-state index in [2.05, 4.69) is 10.6 Å². The summed E-state index contributed by atoms with van der Waals surface area (Å²) in [5.41, 5.74) is 1.44. The number of amides is 2. The van der Waals surface area contributed by atoms with Crippen molar-refractivity contribution in [3.63, 3.8) is 0 Å². The van der Waals surface area contributed by atoms with E-state index in [1.807, 2.05) is 0 Å². The monoisotopic (exact) mass is 294 g/mol. The van der Waals surface area contributed by atoms with Crippen LogP contribution in [0, 0.1) is 6.92 Å². The molecule has 0 unspecified atom stereocenters. The lowest BCUT2D eigenvalue weighted by Gasteiger charge is -2.11. The van der Waals surface area contributed by atoms with Gasteiger partial charge in [0.25, 0.3) is 5.91 Å². The van der Waals surface area contributed by atoms with E-state index in [9.17, 15) is 14.4 Å². The van der Waals surface area contributed by atoms with E-state index >= 15 is 0 Å². The van der Waals surface area contributed by atoms with Gasteiger partial charge in [0.1, 0.15) is 18.1 Å². The second-order valence-corrected chi connectivity index (χ2v) is 5.00. The summed E-state index contributed by atoms with van der Waals surface area (Å²) in [5, 5.41) is 13.1. The van der Waals surface area contributed by atoms with Crippen LogP contribution in [0.5, 0.6) is 0 Å². The SMILES string of the molecule is Cc1oc2c(c1C(=O)NCC(=O)NCC(=O)O)CCCC2. The van der Waals surface area contributed by atoms with Crippen LogP contribution >= 0.6 is 0 Å². The third-order valence-electron chi connectivity index (χ3n) is 3.42. The van der Waals surface area contributed by atoms with Gasteiger partial charge in [-0.15, -0.1) is 0 Å². The van der Waals surface area contributed by atoms with Crippen LogP contribution in [-0.4, -0.2) is 36.0 Å². The normalized spacial score (nSPS) is 13.4. The second-order valence-electron chi connectivity index (χ2n) is 5.00. The molecule has 0 spiro atoms. The molecular formula is C14H18N2O5. The highest BCUT2D eigenvalue weighted by Gasteiger charge is 2.25. The third kappa shape index (κ3) is 3.62. The van der Waals surface area contributed by atoms with Crippen LogP contribution in [0.2, 0.25) is 0 Å². The molecule has 114 valence electrons. The van der Waals surface area contributed by atoms with Crippen molar-refractivity contribution in [2.45, 2.75) is 32.6 Å². The minimum atomic E-state index is -1.13. The van der Waals surface area contributed by atoms with Crippen LogP contribution < -0.4 is 10.6 Å². The van der Waals surface area contributed by atoms with Crippen LogP contribution in [0.1, 0.15) is 40.3 Å². The number of hydrogen-bond acceptors (Lipinski definition) is 4. The standard InChI is InChI=1S/C14H18N2O5/c1-8-13(9-4-2-3-5-10(9)21-8)14(20)16-6-11(17)15-7-12(18)19/h2-7H2,1H3,(H,15,17)(H,16,20)(H,18,19). The Morgan fingerprint density at radius 2 is 1.86 bits per heavy atom. The Labute approximate surface area is 121 Å². The van der Waals surface area contributed by atoms with Crippen molar-refractivity contribution < 1.29 is 23.9 Å². The van der Waals surface area contributed by atoms with Crippen molar-refractivity contribution in [3.8, 4) is 0 Å². The summed E-state index contributed by atoms with van der Waals surface area (Å²) in [4.78, 5) is 33.9. The number of furan rings is 1. The van der Waals surface area contributed by atoms with E-state index in [1.165, 1.54) is 0 Å². The fourth-order valence-electron chi connectivity index (χ4n) is 2.49. The molecule has 1 aliphatic carbocycles. The van der Waals surface area contributed by atoms with E-state index in [0.717, 1.165) is 37.0 Å². The third-order valence-corrected chi connectivity index (χ3v) is 3.42. The minimum Gasteiger partial charge on any atom is -0.480 e. The van der Waals surface area contributed by atoms with Gasteiger partial charge >= 0.3 is 5.97 Å². The predicted molar refractivity (Wildman–Crippen MR) is 73.1 cm³/mol. The smallest absolute Gasteiger partial charge is 0.322 e. The van der Waals surface area contributed by atoms with E-state index in [-0.39, 0.29) is 12.5 Å². The maximum atomic E-state index is 12.2. The summed E-state index contributed by atoms with van der Waals surface area (Å²) >= 11 is 0. The number of carbonyl (C=O) groups excluding carboxylic acids is 2. The number of aliphatic carboxylic acids is 1. The summed E-state index contributed by atoms with van der Waals surface area (Å²) in [6.45, 7) is 1.01. The molecular weight excluding hydrogens is 276 g/mol. The number of rotatable bonds is 5. The molecule has 2 amide bonds. The molecule has 7 nitrogen and oxygen atoms in total. The molecule has 3 N–H and O–H groups in total. The zero-order valence-electron chi connectivity index (χ0n) is 11.8. The van der Waals surface area contributed by atoms with Crippen LogP contribution in [0.15, 0.2) is 4.42 Å². The summed E-state index contributed by atoms with van der Waals surface area (Å²) in [6, 6.07) is 0. The van der Waals surface area contributed by atoms with Gasteiger partial charge in [0.2, 0.25) is 5.91 Å². The van der Waals surface area contributed by atoms with Gasteiger partial charge in [-0.2, -0.15) is 0 Å². The zero-order valence-corrected chi connectivity index (χ0v) is 11.8. The molecule has 0 radical (unpaired) electrons. The molecule has 2 rings (SSSR count). The van der Waals surface area contributed by atoms with Crippen molar-refractivity contribution in [2.75, 3.05) is 13.1 Å². The first-order valence-electron chi connectivity index (χ1n) is 6.87. The van der Waals surface area contributed by atoms with Gasteiger partial charge in [-0.05, 0) is 26.2 Å². The van der Waals surface area contributed by atoms with Gasteiger partial charge in [-0.3, -0.25) is 14.4 Å². The molecule has 21 heavy (non-hydrogen) atoms. The number of hydrogen-bond donors (Lipinski definition) is 3. The number of carbonyl (C=O) groups is 3. The van der Waals surface area contributed by atoms with Gasteiger partial charge < -0.3 is 20.2 Å². The van der Waals surface area contributed by atoms with Gasteiger partial charge in [0.05, 0.1) is 12.1 Å². The quantitative estimate of drug-likeness (QED) is 0.728. The maximum absolute atomic E-state index is 12.2. The molecule has 1 aromatic heterocycles. The van der Waals surface area contributed by atoms with Crippen LogP contribution in [0.4, 0.5) is 0 Å². The van der Waals surface area contributed by atoms with E-state index < -0.39 is 18.4 Å². The maximum Gasteiger partial charge on any atom is 0.322 e. The molecule has 0 bridgehead atoms. The fraction of sp³-hybridized carbons (Fsp3) is 0.500. The van der Waals surface area contributed by atoms with Gasteiger partial charge in [0, 0.05) is 12.0 Å². The molecule has 0 saturated heterocycles. The van der Waals surface area contributed by atoms with Gasteiger partial charge in [-0.1, -0.05) is 0 Å². The van der Waals surface area contributed by atoms with Gasteiger partial charge in [-0.25, -0.2) is 0 Å². The molecule has 0 atom stereocenters. The van der Waals surface area contributed by atoms with Crippen molar-refractivity contribution in [3.05, 3.63) is 22.6 Å². The average molecular weight is 294 g/mol. The molecule has 7 heteroatoms. The molecule has 1 aromatic rings. The number of carboxylic acid groups (broad SMARTS) is 1. The minimum absolute atomic E-state index is 0.258. The second kappa shape index (κ2) is 6.43. The Kier molecular flexibility index (Phi) is 4.62. The van der Waals surface area contributed by atoms with Crippen LogP contribution in [0.25, 0.3) is 0 Å². The van der Waals surface area contributed by atoms with Gasteiger partial charge in [0.15, 0.2) is 0 Å². The van der Waals surface area contributed by atoms with Crippen molar-refractivity contribution in [2.24, 2.45) is 0 Å². The molecule has 0 fully saturated rings. The highest BCUT2D eigenvalue weighted by atomic mass is 16.4. The van der Waals surface area contributed by atoms with E-state index in [4.69, 9.17) is 9.52 Å². The number of nitrogens with one attached hydrogen (secondary N) is 2. The van der Waals surface area contributed by atoms with Crippen molar-refractivity contribution >= 4 is 17.8 Å². The van der Waals surface area contributed by atoms with E-state index in [0.29, 0.717) is 11.3 Å². The topological polar surface area (TPSA) is 109 Å². The molecule has 0 aliphatic heterocycles. The molecule has 0 saturated carbocycles. The Balaban J connectivity index is 1.96. The number of carboxylic acids is 1. The fourth-order valence-corrected chi connectivity index (χ4v) is 2.49. The predicted octanol–water partition coefficient (Wildman–Crippen LogP) is 0.397. The Morgan fingerprint density at radius 1 is 1.14 bits per heavy atom. The van der Waals surface area contributed by atoms with Crippen LogP contribution in [0.3, 0.4) is 0 Å². The number of fused-ring (bicyclic) bond motifs is 1. The Hall–Kier alpha value is -2.31. The largest absolute Gasteiger partial charge is 0.480 e. The first kappa shape index (κ1) is 15.1. The highest BCUT2D eigenvalue weighted by Crippen LogP contribution is 2.29. The van der Waals surface area contributed by atoms with Crippen LogP contribution in [-0.2, 0) is 22.4 Å². The van der Waals surface area contributed by atoms with Crippen molar-refractivity contribution in [1.29, 1.82) is 0 Å². The zero-order chi connectivity index (χ0) is 15.4.